The van der Waals surface area contributed by atoms with E-state index in [4.69, 9.17) is 9.47 Å². The Morgan fingerprint density at radius 3 is 2.60 bits per heavy atom. The molecule has 2 N–H and O–H groups in total. The molecule has 3 heterocycles. The maximum absolute atomic E-state index is 13.8. The molecule has 3 amide bonds. The highest BCUT2D eigenvalue weighted by molar-refractivity contribution is 6.02. The van der Waals surface area contributed by atoms with Gasteiger partial charge >= 0.3 is 0 Å². The van der Waals surface area contributed by atoms with Crippen molar-refractivity contribution in [3.05, 3.63) is 42.0 Å². The minimum absolute atomic E-state index is 0.117. The van der Waals surface area contributed by atoms with Crippen LogP contribution in [-0.2, 0) is 23.9 Å². The third-order valence-electron chi connectivity index (χ3n) is 7.94. The molecule has 2 saturated heterocycles. The first-order valence-corrected chi connectivity index (χ1v) is 12.8. The van der Waals surface area contributed by atoms with Crippen molar-refractivity contribution in [1.29, 1.82) is 0 Å². The zero-order valence-corrected chi connectivity index (χ0v) is 20.5. The first-order valence-electron chi connectivity index (χ1n) is 12.8. The van der Waals surface area contributed by atoms with Crippen LogP contribution in [0, 0.1) is 18.8 Å². The zero-order valence-electron chi connectivity index (χ0n) is 20.5. The molecule has 1 aliphatic carbocycles. The lowest BCUT2D eigenvalue weighted by Gasteiger charge is -2.34. The standard InChI is InChI=1S/C27H35N3O5/c1-17-9-11-19(12-10-17)28-24(31)21-20-13-14-27(35-20)22(21)26(33)30(15-6-16-34-2)23(27)25(32)29-18-7-4-3-5-8-18/h9-14,18,20-23H,3-8,15-16H2,1-2H3,(H,28,31)(H,29,32)/t20-,21+,22-,23+,27+/m1/s1. The summed E-state index contributed by atoms with van der Waals surface area (Å²) >= 11 is 0. The number of amides is 3. The van der Waals surface area contributed by atoms with Gasteiger partial charge in [-0.2, -0.15) is 0 Å². The molecule has 0 radical (unpaired) electrons. The van der Waals surface area contributed by atoms with Crippen LogP contribution < -0.4 is 10.6 Å². The summed E-state index contributed by atoms with van der Waals surface area (Å²) in [6, 6.07) is 6.88. The smallest absolute Gasteiger partial charge is 0.246 e. The highest BCUT2D eigenvalue weighted by atomic mass is 16.5. The van der Waals surface area contributed by atoms with Crippen LogP contribution in [0.15, 0.2) is 36.4 Å². The average molecular weight is 482 g/mol. The molecule has 5 atom stereocenters. The lowest BCUT2D eigenvalue weighted by molar-refractivity contribution is -0.141. The van der Waals surface area contributed by atoms with Gasteiger partial charge in [0.2, 0.25) is 17.7 Å². The van der Waals surface area contributed by atoms with Gasteiger partial charge in [-0.05, 0) is 38.3 Å². The van der Waals surface area contributed by atoms with E-state index in [1.165, 1.54) is 6.42 Å². The predicted octanol–water partition coefficient (Wildman–Crippen LogP) is 2.57. The Morgan fingerprint density at radius 1 is 1.14 bits per heavy atom. The quantitative estimate of drug-likeness (QED) is 0.439. The fourth-order valence-electron chi connectivity index (χ4n) is 6.28. The van der Waals surface area contributed by atoms with E-state index in [2.05, 4.69) is 10.6 Å². The fraction of sp³-hybridized carbons (Fsp3) is 0.593. The number of rotatable bonds is 8. The number of methoxy groups -OCH3 is 1. The largest absolute Gasteiger partial charge is 0.385 e. The van der Waals surface area contributed by atoms with Crippen LogP contribution in [0.4, 0.5) is 5.69 Å². The van der Waals surface area contributed by atoms with Crippen molar-refractivity contribution in [3.8, 4) is 0 Å². The summed E-state index contributed by atoms with van der Waals surface area (Å²) in [7, 11) is 1.62. The number of ether oxygens (including phenoxy) is 2. The molecule has 188 valence electrons. The summed E-state index contributed by atoms with van der Waals surface area (Å²) in [5.74, 6) is -2.05. The van der Waals surface area contributed by atoms with Gasteiger partial charge in [0, 0.05) is 32.0 Å². The lowest BCUT2D eigenvalue weighted by atomic mass is 9.74. The van der Waals surface area contributed by atoms with Crippen LogP contribution in [0.3, 0.4) is 0 Å². The second-order valence-corrected chi connectivity index (χ2v) is 10.3. The number of carbonyl (C=O) groups is 3. The molecule has 1 aromatic rings. The highest BCUT2D eigenvalue weighted by Gasteiger charge is 2.72. The van der Waals surface area contributed by atoms with E-state index in [1.54, 1.807) is 12.0 Å². The van der Waals surface area contributed by atoms with E-state index < -0.39 is 29.6 Å². The number of hydrogen-bond acceptors (Lipinski definition) is 5. The summed E-state index contributed by atoms with van der Waals surface area (Å²) in [5, 5.41) is 6.16. The average Bonchev–Trinajstić information content (AvgIpc) is 3.49. The van der Waals surface area contributed by atoms with E-state index in [1.807, 2.05) is 43.3 Å². The Morgan fingerprint density at radius 2 is 1.89 bits per heavy atom. The molecule has 2 bridgehead atoms. The number of likely N-dealkylation sites (tertiary alicyclic amines) is 1. The van der Waals surface area contributed by atoms with Gasteiger partial charge in [0.25, 0.3) is 0 Å². The van der Waals surface area contributed by atoms with Gasteiger partial charge in [-0.25, -0.2) is 0 Å². The Labute approximate surface area is 206 Å². The number of anilines is 1. The molecule has 1 saturated carbocycles. The van der Waals surface area contributed by atoms with Gasteiger partial charge in [0.05, 0.1) is 17.9 Å². The van der Waals surface area contributed by atoms with Gasteiger partial charge in [-0.3, -0.25) is 14.4 Å². The maximum Gasteiger partial charge on any atom is 0.246 e. The third-order valence-corrected chi connectivity index (χ3v) is 7.94. The lowest BCUT2D eigenvalue weighted by Crippen LogP contribution is -2.56. The van der Waals surface area contributed by atoms with Crippen LogP contribution in [0.2, 0.25) is 0 Å². The SMILES string of the molecule is COCCCN1C(=O)[C@H]2[C@@H](C(=O)Nc3ccc(C)cc3)[C@H]3C=C[C@@]2(O3)[C@@H]1C(=O)NC1CCCCC1. The van der Waals surface area contributed by atoms with E-state index in [9.17, 15) is 14.4 Å². The molecule has 3 fully saturated rings. The van der Waals surface area contributed by atoms with Crippen molar-refractivity contribution in [3.63, 3.8) is 0 Å². The van der Waals surface area contributed by atoms with Gasteiger partial charge in [-0.15, -0.1) is 0 Å². The molecule has 8 nitrogen and oxygen atoms in total. The topological polar surface area (TPSA) is 97.0 Å². The van der Waals surface area contributed by atoms with Crippen LogP contribution in [0.5, 0.6) is 0 Å². The molecular weight excluding hydrogens is 446 g/mol. The second kappa shape index (κ2) is 9.74. The molecule has 3 aliphatic heterocycles. The van der Waals surface area contributed by atoms with Crippen molar-refractivity contribution in [2.24, 2.45) is 11.8 Å². The normalized spacial score (nSPS) is 31.6. The summed E-state index contributed by atoms with van der Waals surface area (Å²) < 4.78 is 11.6. The van der Waals surface area contributed by atoms with Gasteiger partial charge < -0.3 is 25.0 Å². The number of hydrogen-bond donors (Lipinski definition) is 2. The number of nitrogens with zero attached hydrogens (tertiary/aromatic N) is 1. The number of carbonyl (C=O) groups excluding carboxylic acids is 3. The predicted molar refractivity (Wildman–Crippen MR) is 131 cm³/mol. The van der Waals surface area contributed by atoms with Crippen LogP contribution in [0.1, 0.15) is 44.1 Å². The van der Waals surface area contributed by atoms with Crippen LogP contribution in [-0.4, -0.2) is 66.7 Å². The number of aryl methyl sites for hydroxylation is 1. The van der Waals surface area contributed by atoms with Crippen molar-refractivity contribution >= 4 is 23.4 Å². The van der Waals surface area contributed by atoms with Crippen molar-refractivity contribution in [2.45, 2.75) is 69.2 Å². The molecule has 1 aromatic carbocycles. The van der Waals surface area contributed by atoms with Gasteiger partial charge in [0.15, 0.2) is 0 Å². The Bertz CT molecular complexity index is 1000. The first-order chi connectivity index (χ1) is 16.9. The van der Waals surface area contributed by atoms with E-state index >= 15 is 0 Å². The molecule has 1 spiro atoms. The van der Waals surface area contributed by atoms with E-state index in [0.29, 0.717) is 25.3 Å². The van der Waals surface area contributed by atoms with Crippen molar-refractivity contribution in [2.75, 3.05) is 25.6 Å². The minimum Gasteiger partial charge on any atom is -0.385 e. The summed E-state index contributed by atoms with van der Waals surface area (Å²) in [6.45, 7) is 2.84. The molecular formula is C27H35N3O5. The zero-order chi connectivity index (χ0) is 24.6. The van der Waals surface area contributed by atoms with E-state index in [0.717, 1.165) is 31.2 Å². The van der Waals surface area contributed by atoms with Crippen molar-refractivity contribution < 1.29 is 23.9 Å². The van der Waals surface area contributed by atoms with Crippen LogP contribution in [0.25, 0.3) is 0 Å². The Balaban J connectivity index is 1.41. The molecule has 0 unspecified atom stereocenters. The summed E-state index contributed by atoms with van der Waals surface area (Å²) in [4.78, 5) is 42.5. The van der Waals surface area contributed by atoms with Crippen LogP contribution >= 0.6 is 0 Å². The summed E-state index contributed by atoms with van der Waals surface area (Å²) in [6.07, 6.45) is 9.07. The third kappa shape index (κ3) is 4.27. The first kappa shape index (κ1) is 24.0. The Kier molecular flexibility index (Phi) is 6.68. The Hall–Kier alpha value is -2.71. The molecule has 35 heavy (non-hydrogen) atoms. The van der Waals surface area contributed by atoms with Gasteiger partial charge in [-0.1, -0.05) is 49.1 Å². The van der Waals surface area contributed by atoms with Gasteiger partial charge in [0.1, 0.15) is 11.6 Å². The molecule has 4 aliphatic rings. The minimum atomic E-state index is -1.12. The number of nitrogens with one attached hydrogen (secondary N) is 2. The van der Waals surface area contributed by atoms with Crippen molar-refractivity contribution in [1.82, 2.24) is 10.2 Å². The molecule has 5 rings (SSSR count). The summed E-state index contributed by atoms with van der Waals surface area (Å²) in [5.41, 5.74) is 0.649. The molecule has 0 aromatic heterocycles. The number of fused-ring (bicyclic) bond motifs is 1. The maximum atomic E-state index is 13.8. The van der Waals surface area contributed by atoms with E-state index in [-0.39, 0.29) is 23.8 Å². The highest BCUT2D eigenvalue weighted by Crippen LogP contribution is 2.55. The molecule has 8 heteroatoms. The number of benzene rings is 1. The fourth-order valence-corrected chi connectivity index (χ4v) is 6.28. The second-order valence-electron chi connectivity index (χ2n) is 10.3. The monoisotopic (exact) mass is 481 g/mol.